The van der Waals surface area contributed by atoms with Gasteiger partial charge in [-0.3, -0.25) is 4.79 Å². The molecule has 0 spiro atoms. The summed E-state index contributed by atoms with van der Waals surface area (Å²) in [5.41, 5.74) is 0.936. The van der Waals surface area contributed by atoms with Crippen molar-refractivity contribution in [3.63, 3.8) is 0 Å². The van der Waals surface area contributed by atoms with Crippen molar-refractivity contribution in [2.75, 3.05) is 6.79 Å². The van der Waals surface area contributed by atoms with Crippen LogP contribution in [0.1, 0.15) is 38.2 Å². The molecule has 0 saturated heterocycles. The van der Waals surface area contributed by atoms with Gasteiger partial charge in [0.25, 0.3) is 0 Å². The van der Waals surface area contributed by atoms with Crippen LogP contribution in [0.3, 0.4) is 0 Å². The molecule has 1 aliphatic heterocycles. The minimum absolute atomic E-state index is 0.0215. The topological polar surface area (TPSA) is 47.6 Å². The van der Waals surface area contributed by atoms with E-state index in [-0.39, 0.29) is 12.7 Å². The molecule has 1 aliphatic carbocycles. The van der Waals surface area contributed by atoms with Crippen molar-refractivity contribution in [1.29, 1.82) is 0 Å². The van der Waals surface area contributed by atoms with E-state index in [0.29, 0.717) is 12.0 Å². The number of carbonyl (C=O) groups is 1. The van der Waals surface area contributed by atoms with Gasteiger partial charge in [0.15, 0.2) is 11.5 Å². The van der Waals surface area contributed by atoms with Gasteiger partial charge in [-0.05, 0) is 42.5 Å². The Kier molecular flexibility index (Phi) is 4.13. The molecule has 1 aromatic carbocycles. The molecule has 2 aliphatic rings. The molecule has 0 aromatic heterocycles. The van der Waals surface area contributed by atoms with Crippen LogP contribution in [0.15, 0.2) is 24.3 Å². The minimum Gasteiger partial charge on any atom is -0.454 e. The Labute approximate surface area is 125 Å². The molecular weight excluding hydrogens is 266 g/mol. The molecule has 3 rings (SSSR count). The fourth-order valence-electron chi connectivity index (χ4n) is 3.00. The third-order valence-corrected chi connectivity index (χ3v) is 4.11. The fourth-order valence-corrected chi connectivity index (χ4v) is 3.00. The van der Waals surface area contributed by atoms with E-state index in [9.17, 15) is 4.79 Å². The van der Waals surface area contributed by atoms with Gasteiger partial charge in [0.1, 0.15) is 0 Å². The van der Waals surface area contributed by atoms with Crippen LogP contribution in [0, 0.1) is 5.92 Å². The largest absolute Gasteiger partial charge is 0.454 e. The molecule has 4 nitrogen and oxygen atoms in total. The zero-order valence-electron chi connectivity index (χ0n) is 12.3. The molecule has 1 aromatic rings. The molecule has 0 bridgehead atoms. The molecule has 112 valence electrons. The van der Waals surface area contributed by atoms with Gasteiger partial charge in [-0.15, -0.1) is 0 Å². The maximum Gasteiger partial charge on any atom is 0.244 e. The first-order valence-electron chi connectivity index (χ1n) is 7.59. The molecule has 21 heavy (non-hydrogen) atoms. The second-order valence-corrected chi connectivity index (χ2v) is 5.92. The number of hydrogen-bond donors (Lipinski definition) is 1. The average Bonchev–Trinajstić information content (AvgIpc) is 2.92. The molecule has 1 amide bonds. The van der Waals surface area contributed by atoms with E-state index in [1.54, 1.807) is 6.08 Å². The summed E-state index contributed by atoms with van der Waals surface area (Å²) in [4.78, 5) is 12.0. The summed E-state index contributed by atoms with van der Waals surface area (Å²) in [7, 11) is 0. The van der Waals surface area contributed by atoms with Crippen molar-refractivity contribution >= 4 is 12.0 Å². The Morgan fingerprint density at radius 1 is 1.29 bits per heavy atom. The first kappa shape index (κ1) is 14.0. The van der Waals surface area contributed by atoms with Gasteiger partial charge in [-0.25, -0.2) is 0 Å². The molecule has 1 N–H and O–H groups in total. The molecule has 4 heteroatoms. The standard InChI is InChI=1S/C17H21NO3/c1-12-3-2-4-14(9-12)18-17(19)8-6-13-5-7-15-16(10-13)21-11-20-15/h5-8,10,12,14H,2-4,9,11H2,1H3,(H,18,19)/b8-6+. The fraction of sp³-hybridized carbons (Fsp3) is 0.471. The summed E-state index contributed by atoms with van der Waals surface area (Å²) in [6, 6.07) is 5.99. The Bertz CT molecular complexity index is 553. The smallest absolute Gasteiger partial charge is 0.244 e. The lowest BCUT2D eigenvalue weighted by Gasteiger charge is -2.26. The Morgan fingerprint density at radius 3 is 3.00 bits per heavy atom. The van der Waals surface area contributed by atoms with Crippen LogP contribution < -0.4 is 14.8 Å². The van der Waals surface area contributed by atoms with Crippen LogP contribution in [-0.4, -0.2) is 18.7 Å². The molecule has 2 atom stereocenters. The zero-order valence-corrected chi connectivity index (χ0v) is 12.3. The van der Waals surface area contributed by atoms with E-state index >= 15 is 0 Å². The summed E-state index contributed by atoms with van der Waals surface area (Å²) in [6.07, 6.45) is 8.06. The second kappa shape index (κ2) is 6.20. The molecule has 1 saturated carbocycles. The molecule has 2 unspecified atom stereocenters. The quantitative estimate of drug-likeness (QED) is 0.869. The molecular formula is C17H21NO3. The van der Waals surface area contributed by atoms with E-state index in [2.05, 4.69) is 12.2 Å². The highest BCUT2D eigenvalue weighted by Gasteiger charge is 2.19. The van der Waals surface area contributed by atoms with E-state index in [1.165, 1.54) is 12.8 Å². The van der Waals surface area contributed by atoms with Gasteiger partial charge in [-0.2, -0.15) is 0 Å². The van der Waals surface area contributed by atoms with E-state index in [0.717, 1.165) is 29.9 Å². The monoisotopic (exact) mass is 287 g/mol. The van der Waals surface area contributed by atoms with Crippen molar-refractivity contribution in [1.82, 2.24) is 5.32 Å². The van der Waals surface area contributed by atoms with Gasteiger partial charge >= 0.3 is 0 Å². The number of amides is 1. The van der Waals surface area contributed by atoms with Crippen LogP contribution in [0.2, 0.25) is 0 Å². The second-order valence-electron chi connectivity index (χ2n) is 5.92. The SMILES string of the molecule is CC1CCCC(NC(=O)/C=C/c2ccc3c(c2)OCO3)C1. The van der Waals surface area contributed by atoms with Crippen LogP contribution in [0.25, 0.3) is 6.08 Å². The number of fused-ring (bicyclic) bond motifs is 1. The number of nitrogens with one attached hydrogen (secondary N) is 1. The lowest BCUT2D eigenvalue weighted by atomic mass is 9.87. The van der Waals surface area contributed by atoms with Gasteiger partial charge < -0.3 is 14.8 Å². The summed E-state index contributed by atoms with van der Waals surface area (Å²) in [5.74, 6) is 2.18. The summed E-state index contributed by atoms with van der Waals surface area (Å²) < 4.78 is 10.6. The predicted molar refractivity (Wildman–Crippen MR) is 81.2 cm³/mol. The first-order valence-corrected chi connectivity index (χ1v) is 7.59. The normalized spacial score (nSPS) is 24.2. The lowest BCUT2D eigenvalue weighted by Crippen LogP contribution is -2.36. The van der Waals surface area contributed by atoms with Gasteiger partial charge in [0.2, 0.25) is 12.7 Å². The Morgan fingerprint density at radius 2 is 2.14 bits per heavy atom. The van der Waals surface area contributed by atoms with Gasteiger partial charge in [-0.1, -0.05) is 25.8 Å². The van der Waals surface area contributed by atoms with Gasteiger partial charge in [0, 0.05) is 12.1 Å². The highest BCUT2D eigenvalue weighted by atomic mass is 16.7. The molecule has 1 fully saturated rings. The van der Waals surface area contributed by atoms with Crippen molar-refractivity contribution in [2.24, 2.45) is 5.92 Å². The Hall–Kier alpha value is -1.97. The van der Waals surface area contributed by atoms with E-state index in [1.807, 2.05) is 24.3 Å². The third-order valence-electron chi connectivity index (χ3n) is 4.11. The lowest BCUT2D eigenvalue weighted by molar-refractivity contribution is -0.117. The first-order chi connectivity index (χ1) is 10.2. The predicted octanol–water partition coefficient (Wildman–Crippen LogP) is 3.12. The van der Waals surface area contributed by atoms with Crippen LogP contribution in [-0.2, 0) is 4.79 Å². The highest BCUT2D eigenvalue weighted by molar-refractivity contribution is 5.92. The van der Waals surface area contributed by atoms with Crippen LogP contribution >= 0.6 is 0 Å². The van der Waals surface area contributed by atoms with Crippen molar-refractivity contribution in [3.05, 3.63) is 29.8 Å². The maximum atomic E-state index is 12.0. The number of carbonyl (C=O) groups excluding carboxylic acids is 1. The number of hydrogen-bond acceptors (Lipinski definition) is 3. The van der Waals surface area contributed by atoms with Crippen LogP contribution in [0.5, 0.6) is 11.5 Å². The highest BCUT2D eigenvalue weighted by Crippen LogP contribution is 2.32. The third kappa shape index (κ3) is 3.57. The van der Waals surface area contributed by atoms with Crippen molar-refractivity contribution in [2.45, 2.75) is 38.6 Å². The maximum absolute atomic E-state index is 12.0. The zero-order chi connectivity index (χ0) is 14.7. The molecule has 1 heterocycles. The van der Waals surface area contributed by atoms with Crippen LogP contribution in [0.4, 0.5) is 0 Å². The summed E-state index contributed by atoms with van der Waals surface area (Å²) in [5, 5.41) is 3.09. The molecule has 0 radical (unpaired) electrons. The van der Waals surface area contributed by atoms with Gasteiger partial charge in [0.05, 0.1) is 0 Å². The number of ether oxygens (including phenoxy) is 2. The van der Waals surface area contributed by atoms with E-state index < -0.39 is 0 Å². The minimum atomic E-state index is -0.0215. The average molecular weight is 287 g/mol. The number of benzene rings is 1. The summed E-state index contributed by atoms with van der Waals surface area (Å²) >= 11 is 0. The summed E-state index contributed by atoms with van der Waals surface area (Å²) in [6.45, 7) is 2.52. The van der Waals surface area contributed by atoms with Crippen molar-refractivity contribution in [3.8, 4) is 11.5 Å². The number of rotatable bonds is 3. The van der Waals surface area contributed by atoms with E-state index in [4.69, 9.17) is 9.47 Å². The van der Waals surface area contributed by atoms with Crippen molar-refractivity contribution < 1.29 is 14.3 Å². The Balaban J connectivity index is 1.56.